The summed E-state index contributed by atoms with van der Waals surface area (Å²) in [4.78, 5) is 0. The highest BCUT2D eigenvalue weighted by atomic mass is 35.5. The third kappa shape index (κ3) is 14.1. The summed E-state index contributed by atoms with van der Waals surface area (Å²) < 4.78 is 22.7. The molecule has 8 heteroatoms. The van der Waals surface area contributed by atoms with Crippen molar-refractivity contribution in [3.63, 3.8) is 0 Å². The zero-order chi connectivity index (χ0) is 67.3. The van der Waals surface area contributed by atoms with Gasteiger partial charge >= 0.3 is 0 Å². The van der Waals surface area contributed by atoms with Crippen molar-refractivity contribution in [2.45, 2.75) is 171 Å². The number of rotatable bonds is 25. The molecule has 3 nitrogen and oxygen atoms in total. The topological polar surface area (TPSA) is 27.7 Å². The van der Waals surface area contributed by atoms with E-state index in [4.69, 9.17) is 36.5 Å². The van der Waals surface area contributed by atoms with Crippen molar-refractivity contribution in [1.29, 1.82) is 0 Å². The van der Waals surface area contributed by atoms with Gasteiger partial charge in [-0.3, -0.25) is 0 Å². The molecule has 8 aromatic carbocycles. The first-order valence-corrected chi connectivity index (χ1v) is 43.5. The van der Waals surface area contributed by atoms with Crippen LogP contribution < -0.4 is 0 Å². The summed E-state index contributed by atoms with van der Waals surface area (Å²) >= 11 is 12.7. The fourth-order valence-corrected chi connectivity index (χ4v) is 23.7. The molecule has 3 aliphatic rings. The highest BCUT2D eigenvalue weighted by Crippen LogP contribution is 2.49. The summed E-state index contributed by atoms with van der Waals surface area (Å²) in [5, 5.41) is 1.48. The first-order chi connectivity index (χ1) is 45.7. The highest BCUT2D eigenvalue weighted by molar-refractivity contribution is 6.74. The summed E-state index contributed by atoms with van der Waals surface area (Å²) in [6, 6.07) is 80.3. The molecule has 0 atom stereocenters. The monoisotopic (exact) mass is 1340 g/mol. The van der Waals surface area contributed by atoms with Gasteiger partial charge in [0.25, 0.3) is 0 Å². The molecule has 0 unspecified atom stereocenters. The van der Waals surface area contributed by atoms with E-state index in [1.807, 2.05) is 24.3 Å². The first-order valence-electron chi connectivity index (χ1n) is 35.2. The average molecular weight is 1350 g/mol. The second kappa shape index (κ2) is 28.4. The van der Waals surface area contributed by atoms with Gasteiger partial charge in [0, 0.05) is 26.3 Å². The normalized spacial score (nSPS) is 23.3. The van der Waals surface area contributed by atoms with E-state index in [0.29, 0.717) is 0 Å². The van der Waals surface area contributed by atoms with E-state index >= 15 is 0 Å². The van der Waals surface area contributed by atoms with Gasteiger partial charge in [-0.1, -0.05) is 292 Å². The Kier molecular flexibility index (Phi) is 20.8. The maximum absolute atomic E-state index is 7.62. The highest BCUT2D eigenvalue weighted by Gasteiger charge is 2.47. The van der Waals surface area contributed by atoms with Gasteiger partial charge in [-0.05, 0) is 214 Å². The Morgan fingerprint density at radius 3 is 0.568 bits per heavy atom. The van der Waals surface area contributed by atoms with Gasteiger partial charge in [-0.2, -0.15) is 0 Å². The van der Waals surface area contributed by atoms with Crippen LogP contribution in [0.2, 0.25) is 64.4 Å². The molecule has 0 bridgehead atoms. The van der Waals surface area contributed by atoms with Gasteiger partial charge in [0.1, 0.15) is 16.8 Å². The molecular formula is C87H98Cl2O3Si3. The molecule has 0 radical (unpaired) electrons. The van der Waals surface area contributed by atoms with E-state index in [2.05, 4.69) is 326 Å². The lowest BCUT2D eigenvalue weighted by Gasteiger charge is -2.46. The lowest BCUT2D eigenvalue weighted by molar-refractivity contribution is 0.121. The maximum atomic E-state index is 7.62. The molecule has 3 aliphatic carbocycles. The van der Waals surface area contributed by atoms with E-state index in [1.54, 1.807) is 0 Å². The lowest BCUT2D eigenvalue weighted by Crippen LogP contribution is -2.48. The number of hydrogen-bond acceptors (Lipinski definition) is 3. The molecule has 0 aliphatic heterocycles. The molecular weight excluding hydrogens is 1250 g/mol. The van der Waals surface area contributed by atoms with Crippen LogP contribution in [0.15, 0.2) is 267 Å². The smallest absolute Gasteiger partial charge is 0.194 e. The summed E-state index contributed by atoms with van der Waals surface area (Å²) in [5.74, 6) is 0. The minimum absolute atomic E-state index is 0.170. The molecule has 0 N–H and O–H groups in total. The van der Waals surface area contributed by atoms with Crippen molar-refractivity contribution < 1.29 is 13.3 Å². The molecule has 0 heterocycles. The van der Waals surface area contributed by atoms with Crippen molar-refractivity contribution in [2.75, 3.05) is 0 Å². The second-order valence-electron chi connectivity index (χ2n) is 27.7. The summed E-state index contributed by atoms with van der Waals surface area (Å²) in [7, 11) is -6.31. The lowest BCUT2D eigenvalue weighted by atomic mass is 9.71. The molecule has 95 heavy (non-hydrogen) atoms. The number of hydrogen-bond donors (Lipinski definition) is 0. The molecule has 0 amide bonds. The Morgan fingerprint density at radius 1 is 0.221 bits per heavy atom. The molecule has 0 saturated heterocycles. The molecule has 0 fully saturated rings. The van der Waals surface area contributed by atoms with Crippen LogP contribution in [0.3, 0.4) is 0 Å². The number of allylic oxidation sites excluding steroid dienone is 6. The van der Waals surface area contributed by atoms with Crippen LogP contribution in [0.1, 0.15) is 116 Å². The third-order valence-corrected chi connectivity index (χ3v) is 37.0. The SMILES string of the molecule is CC[Si](CC)(CC)OC1(c2ccc(Cl)cc2)C=CC(O[Si](CC)(CC)CC)(c2ccc(-c3ccc(-c4ccc(C5(O[Si](CC)(CC)CC)C=CC(C)(c6ccc(-c7ccc(-c8ccc(C9(C)C=CC(C)(c%10ccc(Cl)cc%10)C=C9)cc8)cc7)cc6)C=C5)cc4)cc3)cc2)C=C1. The van der Waals surface area contributed by atoms with Crippen molar-refractivity contribution >= 4 is 48.2 Å². The van der Waals surface area contributed by atoms with Crippen LogP contribution in [-0.4, -0.2) is 25.0 Å². The fourth-order valence-electron chi connectivity index (χ4n) is 14.7. The predicted molar refractivity (Wildman–Crippen MR) is 414 cm³/mol. The third-order valence-electron chi connectivity index (χ3n) is 22.6. The van der Waals surface area contributed by atoms with Crippen LogP contribution >= 0.6 is 23.2 Å². The van der Waals surface area contributed by atoms with Gasteiger partial charge < -0.3 is 13.3 Å². The Hall–Kier alpha value is -6.69. The standard InChI is InChI=1S/C87H98Cl2O3Si3/c1-13-93(14-2,15-3)90-85(60-58-84(12,59-61-85)75-40-32-71(33-41-75)67-24-22-66(23-25-67)70-30-38-74(39-31-70)82(10)54-56-83(11,57-55-82)76-46-50-80(88)51-47-76)77-42-34-72(35-43-77)68-26-28-69(29-27-68)73-36-44-78(45-37-73)86(91-94(16-4,17-5)18-6)62-64-87(65-63-86,79-48-52-81(89)53-49-79)92-95(19-7,20-8)21-9/h22-65H,13-21H2,1-12H3. The van der Waals surface area contributed by atoms with Crippen molar-refractivity contribution in [3.05, 3.63) is 310 Å². The minimum atomic E-state index is -2.13. The largest absolute Gasteiger partial charge is 0.401 e. The number of benzene rings is 8. The Labute approximate surface area is 582 Å². The Bertz CT molecular complexity index is 4030. The fraction of sp³-hybridized carbons (Fsp3) is 0.310. The van der Waals surface area contributed by atoms with Gasteiger partial charge in [0.05, 0.1) is 0 Å². The van der Waals surface area contributed by atoms with Crippen molar-refractivity contribution in [2.24, 2.45) is 0 Å². The van der Waals surface area contributed by atoms with Crippen LogP contribution in [0, 0.1) is 0 Å². The molecule has 11 rings (SSSR count). The quantitative estimate of drug-likeness (QED) is 0.0422. The molecule has 0 aromatic heterocycles. The van der Waals surface area contributed by atoms with E-state index in [0.717, 1.165) is 81.1 Å². The van der Waals surface area contributed by atoms with Crippen molar-refractivity contribution in [3.8, 4) is 44.5 Å². The van der Waals surface area contributed by atoms with Crippen LogP contribution in [-0.2, 0) is 46.3 Å². The van der Waals surface area contributed by atoms with Gasteiger partial charge in [0.15, 0.2) is 25.0 Å². The zero-order valence-electron chi connectivity index (χ0n) is 58.2. The number of halogens is 2. The van der Waals surface area contributed by atoms with Crippen molar-refractivity contribution in [1.82, 2.24) is 0 Å². The van der Waals surface area contributed by atoms with Crippen LogP contribution in [0.5, 0.6) is 0 Å². The van der Waals surface area contributed by atoms with Gasteiger partial charge in [-0.25, -0.2) is 0 Å². The molecule has 8 aromatic rings. The maximum Gasteiger partial charge on any atom is 0.194 e. The van der Waals surface area contributed by atoms with E-state index in [1.165, 1.54) is 61.2 Å². The second-order valence-corrected chi connectivity index (χ2v) is 42.7. The summed E-state index contributed by atoms with van der Waals surface area (Å²) in [6.45, 7) is 27.7. The van der Waals surface area contributed by atoms with E-state index in [-0.39, 0.29) is 16.2 Å². The average Bonchev–Trinajstić information content (AvgIpc) is 0.758. The zero-order valence-corrected chi connectivity index (χ0v) is 62.8. The van der Waals surface area contributed by atoms with E-state index < -0.39 is 41.8 Å². The molecule has 0 spiro atoms. The minimum Gasteiger partial charge on any atom is -0.401 e. The predicted octanol–water partition coefficient (Wildman–Crippen LogP) is 25.6. The van der Waals surface area contributed by atoms with Crippen LogP contribution in [0.4, 0.5) is 0 Å². The first kappa shape index (κ1) is 69.7. The van der Waals surface area contributed by atoms with Crippen LogP contribution in [0.25, 0.3) is 44.5 Å². The van der Waals surface area contributed by atoms with Gasteiger partial charge in [0.2, 0.25) is 0 Å². The summed E-state index contributed by atoms with van der Waals surface area (Å²) in [5.41, 5.74) is 13.8. The molecule has 0 saturated carbocycles. The summed E-state index contributed by atoms with van der Waals surface area (Å²) in [6.07, 6.45) is 28.0. The molecule has 490 valence electrons. The van der Waals surface area contributed by atoms with E-state index in [9.17, 15) is 0 Å². The Morgan fingerprint density at radius 2 is 0.368 bits per heavy atom. The Balaban J connectivity index is 0.788. The van der Waals surface area contributed by atoms with Gasteiger partial charge in [-0.15, -0.1) is 0 Å².